The van der Waals surface area contributed by atoms with Crippen LogP contribution in [0.5, 0.6) is 5.75 Å². The number of carbonyl (C=O) groups excluding carboxylic acids is 1. The van der Waals surface area contributed by atoms with E-state index in [0.29, 0.717) is 6.42 Å². The predicted octanol–water partition coefficient (Wildman–Crippen LogP) is 6.09. The Morgan fingerprint density at radius 3 is 2.62 bits per heavy atom. The van der Waals surface area contributed by atoms with Gasteiger partial charge in [0, 0.05) is 19.5 Å². The summed E-state index contributed by atoms with van der Waals surface area (Å²) in [6, 6.07) is 16.2. The summed E-state index contributed by atoms with van der Waals surface area (Å²) in [7, 11) is 1.65. The van der Waals surface area contributed by atoms with E-state index in [9.17, 15) is 4.79 Å². The van der Waals surface area contributed by atoms with Crippen molar-refractivity contribution in [1.29, 1.82) is 0 Å². The first-order valence-electron chi connectivity index (χ1n) is 13.1. The van der Waals surface area contributed by atoms with Crippen LogP contribution < -0.4 is 10.1 Å². The fourth-order valence-electron chi connectivity index (χ4n) is 5.16. The zero-order valence-electron chi connectivity index (χ0n) is 20.6. The second kappa shape index (κ2) is 12.6. The summed E-state index contributed by atoms with van der Waals surface area (Å²) in [4.78, 5) is 17.2. The zero-order chi connectivity index (χ0) is 23.6. The van der Waals surface area contributed by atoms with Crippen molar-refractivity contribution in [1.82, 2.24) is 14.9 Å². The van der Waals surface area contributed by atoms with Crippen LogP contribution in [0, 0.1) is 5.92 Å². The van der Waals surface area contributed by atoms with E-state index in [-0.39, 0.29) is 5.91 Å². The molecule has 34 heavy (non-hydrogen) atoms. The number of methoxy groups -OCH3 is 1. The number of para-hydroxylation sites is 2. The first kappa shape index (κ1) is 24.3. The molecule has 0 saturated heterocycles. The second-order valence-corrected chi connectivity index (χ2v) is 9.65. The van der Waals surface area contributed by atoms with Crippen molar-refractivity contribution in [2.45, 2.75) is 77.2 Å². The highest BCUT2D eigenvalue weighted by Crippen LogP contribution is 2.28. The molecule has 5 heteroatoms. The summed E-state index contributed by atoms with van der Waals surface area (Å²) in [5, 5.41) is 3.06. The standard InChI is InChI=1S/C29H39N3O2/c1-34-25-17-15-24(16-18-25)22-29(33)30-20-9-3-6-14-28-31-26-12-7-8-13-27(26)32(28)21-19-23-10-4-2-5-11-23/h7-8,12-13,15-18,23H,2-6,9-11,14,19-22H2,1H3,(H,30,33). The zero-order valence-corrected chi connectivity index (χ0v) is 20.6. The van der Waals surface area contributed by atoms with Crippen LogP contribution in [0.2, 0.25) is 0 Å². The lowest BCUT2D eigenvalue weighted by Gasteiger charge is -2.22. The number of aryl methyl sites for hydroxylation is 2. The molecule has 4 rings (SSSR count). The van der Waals surface area contributed by atoms with Crippen molar-refractivity contribution < 1.29 is 9.53 Å². The van der Waals surface area contributed by atoms with Crippen LogP contribution in [-0.2, 0) is 24.2 Å². The molecule has 1 amide bonds. The van der Waals surface area contributed by atoms with Crippen LogP contribution in [0.25, 0.3) is 11.0 Å². The fraction of sp³-hybridized carbons (Fsp3) is 0.517. The Labute approximate surface area is 203 Å². The molecular weight excluding hydrogens is 422 g/mol. The molecular formula is C29H39N3O2. The molecule has 1 aliphatic carbocycles. The second-order valence-electron chi connectivity index (χ2n) is 9.65. The van der Waals surface area contributed by atoms with Crippen molar-refractivity contribution in [2.24, 2.45) is 5.92 Å². The number of hydrogen-bond acceptors (Lipinski definition) is 3. The Balaban J connectivity index is 1.20. The van der Waals surface area contributed by atoms with Gasteiger partial charge < -0.3 is 14.6 Å². The minimum absolute atomic E-state index is 0.0784. The van der Waals surface area contributed by atoms with Gasteiger partial charge in [0.15, 0.2) is 0 Å². The lowest BCUT2D eigenvalue weighted by atomic mass is 9.87. The van der Waals surface area contributed by atoms with E-state index in [1.807, 2.05) is 24.3 Å². The number of nitrogens with zero attached hydrogens (tertiary/aromatic N) is 2. The predicted molar refractivity (Wildman–Crippen MR) is 138 cm³/mol. The minimum Gasteiger partial charge on any atom is -0.497 e. The van der Waals surface area contributed by atoms with Crippen molar-refractivity contribution in [2.75, 3.05) is 13.7 Å². The lowest BCUT2D eigenvalue weighted by molar-refractivity contribution is -0.120. The van der Waals surface area contributed by atoms with E-state index in [2.05, 4.69) is 34.1 Å². The average molecular weight is 462 g/mol. The van der Waals surface area contributed by atoms with Crippen molar-refractivity contribution in [3.05, 3.63) is 59.9 Å². The van der Waals surface area contributed by atoms with Crippen molar-refractivity contribution in [3.8, 4) is 5.75 Å². The van der Waals surface area contributed by atoms with Gasteiger partial charge >= 0.3 is 0 Å². The Kier molecular flexibility index (Phi) is 9.00. The van der Waals surface area contributed by atoms with Gasteiger partial charge in [-0.15, -0.1) is 0 Å². The smallest absolute Gasteiger partial charge is 0.224 e. The van der Waals surface area contributed by atoms with Crippen LogP contribution in [0.4, 0.5) is 0 Å². The number of fused-ring (bicyclic) bond motifs is 1. The van der Waals surface area contributed by atoms with Gasteiger partial charge in [-0.25, -0.2) is 4.98 Å². The first-order chi connectivity index (χ1) is 16.7. The summed E-state index contributed by atoms with van der Waals surface area (Å²) >= 11 is 0. The van der Waals surface area contributed by atoms with Crippen LogP contribution in [0.1, 0.15) is 69.2 Å². The maximum Gasteiger partial charge on any atom is 0.224 e. The summed E-state index contributed by atoms with van der Waals surface area (Å²) in [6.45, 7) is 1.81. The van der Waals surface area contributed by atoms with Crippen LogP contribution in [0.15, 0.2) is 48.5 Å². The Hall–Kier alpha value is -2.82. The van der Waals surface area contributed by atoms with Gasteiger partial charge in [-0.2, -0.15) is 0 Å². The highest BCUT2D eigenvalue weighted by Gasteiger charge is 2.16. The summed E-state index contributed by atoms with van der Waals surface area (Å²) in [5.41, 5.74) is 3.40. The number of carbonyl (C=O) groups is 1. The van der Waals surface area contributed by atoms with Gasteiger partial charge in [0.2, 0.25) is 5.91 Å². The highest BCUT2D eigenvalue weighted by atomic mass is 16.5. The third-order valence-electron chi connectivity index (χ3n) is 7.14. The molecule has 0 radical (unpaired) electrons. The lowest BCUT2D eigenvalue weighted by Crippen LogP contribution is -2.26. The monoisotopic (exact) mass is 461 g/mol. The summed E-state index contributed by atoms with van der Waals surface area (Å²) in [6.07, 6.45) is 12.9. The summed E-state index contributed by atoms with van der Waals surface area (Å²) in [5.74, 6) is 2.99. The molecule has 0 bridgehead atoms. The Morgan fingerprint density at radius 2 is 1.82 bits per heavy atom. The highest BCUT2D eigenvalue weighted by molar-refractivity contribution is 5.78. The van der Waals surface area contributed by atoms with E-state index in [1.165, 1.54) is 49.9 Å². The number of hydrogen-bond donors (Lipinski definition) is 1. The van der Waals surface area contributed by atoms with E-state index < -0.39 is 0 Å². The first-order valence-corrected chi connectivity index (χ1v) is 13.1. The maximum absolute atomic E-state index is 12.2. The third-order valence-corrected chi connectivity index (χ3v) is 7.14. The Bertz CT molecular complexity index is 1040. The van der Waals surface area contributed by atoms with E-state index >= 15 is 0 Å². The van der Waals surface area contributed by atoms with E-state index in [0.717, 1.165) is 61.5 Å². The normalized spacial score (nSPS) is 14.4. The van der Waals surface area contributed by atoms with Gasteiger partial charge in [-0.05, 0) is 55.0 Å². The Morgan fingerprint density at radius 1 is 1.03 bits per heavy atom. The quantitative estimate of drug-likeness (QED) is 0.332. The van der Waals surface area contributed by atoms with Gasteiger partial charge in [-0.3, -0.25) is 4.79 Å². The number of unbranched alkanes of at least 4 members (excludes halogenated alkanes) is 2. The maximum atomic E-state index is 12.2. The van der Waals surface area contributed by atoms with Crippen molar-refractivity contribution >= 4 is 16.9 Å². The molecule has 3 aromatic rings. The van der Waals surface area contributed by atoms with Crippen LogP contribution in [0.3, 0.4) is 0 Å². The number of imidazole rings is 1. The molecule has 0 spiro atoms. The van der Waals surface area contributed by atoms with E-state index in [4.69, 9.17) is 9.72 Å². The molecule has 0 aliphatic heterocycles. The molecule has 0 atom stereocenters. The van der Waals surface area contributed by atoms with Crippen LogP contribution in [-0.4, -0.2) is 29.1 Å². The SMILES string of the molecule is COc1ccc(CC(=O)NCCCCCc2nc3ccccc3n2CCC2CCCCC2)cc1. The molecule has 5 nitrogen and oxygen atoms in total. The molecule has 182 valence electrons. The molecule has 2 aromatic carbocycles. The number of nitrogens with one attached hydrogen (secondary N) is 1. The number of ether oxygens (including phenoxy) is 1. The molecule has 1 heterocycles. The minimum atomic E-state index is 0.0784. The number of aromatic nitrogens is 2. The van der Waals surface area contributed by atoms with Crippen LogP contribution >= 0.6 is 0 Å². The summed E-state index contributed by atoms with van der Waals surface area (Å²) < 4.78 is 7.64. The number of benzene rings is 2. The topological polar surface area (TPSA) is 56.1 Å². The van der Waals surface area contributed by atoms with Gasteiger partial charge in [-0.1, -0.05) is 62.8 Å². The number of rotatable bonds is 12. The third kappa shape index (κ3) is 6.85. The van der Waals surface area contributed by atoms with Gasteiger partial charge in [0.1, 0.15) is 11.6 Å². The molecule has 1 N–H and O–H groups in total. The molecule has 1 aliphatic rings. The molecule has 1 saturated carbocycles. The van der Waals surface area contributed by atoms with E-state index in [1.54, 1.807) is 7.11 Å². The molecule has 0 unspecified atom stereocenters. The van der Waals surface area contributed by atoms with Crippen molar-refractivity contribution in [3.63, 3.8) is 0 Å². The van der Waals surface area contributed by atoms with Gasteiger partial charge in [0.05, 0.1) is 24.6 Å². The largest absolute Gasteiger partial charge is 0.497 e. The fourth-order valence-corrected chi connectivity index (χ4v) is 5.16. The average Bonchev–Trinajstić information content (AvgIpc) is 3.23. The molecule has 1 aromatic heterocycles. The number of amides is 1. The van der Waals surface area contributed by atoms with Gasteiger partial charge in [0.25, 0.3) is 0 Å². The molecule has 1 fully saturated rings.